The van der Waals surface area contributed by atoms with E-state index in [1.54, 1.807) is 25.4 Å². The van der Waals surface area contributed by atoms with Crippen molar-refractivity contribution in [3.8, 4) is 0 Å². The zero-order valence-corrected chi connectivity index (χ0v) is 17.5. The highest BCUT2D eigenvalue weighted by Gasteiger charge is 2.34. The SMILES string of the molecule is CC1CCC([C@H](c2nc3c(F)c(Br)ccc3[nH]2)c2cnn(C)c2C(N)=O)CC1. The molecule has 148 valence electrons. The molecular formula is C20H23BrFN5O. The van der Waals surface area contributed by atoms with Gasteiger partial charge in [-0.25, -0.2) is 9.37 Å². The number of hydrogen-bond donors (Lipinski definition) is 2. The van der Waals surface area contributed by atoms with Crippen LogP contribution in [0.2, 0.25) is 0 Å². The monoisotopic (exact) mass is 447 g/mol. The molecule has 1 amide bonds. The second-order valence-electron chi connectivity index (χ2n) is 7.81. The highest BCUT2D eigenvalue weighted by molar-refractivity contribution is 9.10. The van der Waals surface area contributed by atoms with Crippen LogP contribution in [0.1, 0.15) is 60.4 Å². The summed E-state index contributed by atoms with van der Waals surface area (Å²) in [6, 6.07) is 3.47. The normalized spacial score (nSPS) is 21.1. The zero-order valence-electron chi connectivity index (χ0n) is 15.9. The zero-order chi connectivity index (χ0) is 20.0. The number of aromatic nitrogens is 4. The van der Waals surface area contributed by atoms with Crippen LogP contribution in [0.5, 0.6) is 0 Å². The molecule has 3 aromatic rings. The van der Waals surface area contributed by atoms with Crippen molar-refractivity contribution in [2.24, 2.45) is 24.6 Å². The molecule has 28 heavy (non-hydrogen) atoms. The summed E-state index contributed by atoms with van der Waals surface area (Å²) in [7, 11) is 1.71. The topological polar surface area (TPSA) is 89.6 Å². The summed E-state index contributed by atoms with van der Waals surface area (Å²) in [5.41, 5.74) is 7.72. The van der Waals surface area contributed by atoms with Gasteiger partial charge in [-0.3, -0.25) is 9.48 Å². The Hall–Kier alpha value is -2.22. The number of carbonyl (C=O) groups is 1. The van der Waals surface area contributed by atoms with Gasteiger partial charge in [-0.1, -0.05) is 19.8 Å². The van der Waals surface area contributed by atoms with Gasteiger partial charge in [-0.15, -0.1) is 0 Å². The van der Waals surface area contributed by atoms with Crippen molar-refractivity contribution in [2.45, 2.75) is 38.5 Å². The minimum absolute atomic E-state index is 0.186. The average molecular weight is 448 g/mol. The van der Waals surface area contributed by atoms with Gasteiger partial charge in [0.1, 0.15) is 17.0 Å². The number of H-pyrrole nitrogens is 1. The molecule has 1 aliphatic rings. The Morgan fingerprint density at radius 3 is 2.75 bits per heavy atom. The minimum atomic E-state index is -0.519. The predicted octanol–water partition coefficient (Wildman–Crippen LogP) is 4.26. The quantitative estimate of drug-likeness (QED) is 0.625. The van der Waals surface area contributed by atoms with Crippen LogP contribution in [0.15, 0.2) is 22.8 Å². The lowest BCUT2D eigenvalue weighted by Crippen LogP contribution is -2.25. The van der Waals surface area contributed by atoms with Crippen LogP contribution >= 0.6 is 15.9 Å². The van der Waals surface area contributed by atoms with Gasteiger partial charge in [0.05, 0.1) is 16.2 Å². The summed E-state index contributed by atoms with van der Waals surface area (Å²) >= 11 is 3.22. The van der Waals surface area contributed by atoms with Crippen molar-refractivity contribution in [1.29, 1.82) is 0 Å². The molecular weight excluding hydrogens is 425 g/mol. The maximum atomic E-state index is 14.6. The number of imidazole rings is 1. The number of nitrogens with one attached hydrogen (secondary N) is 1. The molecule has 1 fully saturated rings. The summed E-state index contributed by atoms with van der Waals surface area (Å²) < 4.78 is 16.4. The predicted molar refractivity (Wildman–Crippen MR) is 108 cm³/mol. The van der Waals surface area contributed by atoms with Crippen LogP contribution in [0.25, 0.3) is 11.0 Å². The Balaban J connectivity index is 1.87. The van der Waals surface area contributed by atoms with Crippen molar-refractivity contribution in [3.63, 3.8) is 0 Å². The second kappa shape index (κ2) is 7.31. The first-order chi connectivity index (χ1) is 13.4. The largest absolute Gasteiger partial charge is 0.364 e. The van der Waals surface area contributed by atoms with Crippen LogP contribution in [0.3, 0.4) is 0 Å². The van der Waals surface area contributed by atoms with Crippen LogP contribution in [-0.4, -0.2) is 25.7 Å². The van der Waals surface area contributed by atoms with E-state index in [2.05, 4.69) is 37.9 Å². The number of amides is 1. The molecule has 0 bridgehead atoms. The highest BCUT2D eigenvalue weighted by atomic mass is 79.9. The van der Waals surface area contributed by atoms with Gasteiger partial charge in [0, 0.05) is 18.5 Å². The maximum absolute atomic E-state index is 14.6. The summed E-state index contributed by atoms with van der Waals surface area (Å²) in [6.45, 7) is 2.26. The summed E-state index contributed by atoms with van der Waals surface area (Å²) in [5.74, 6) is 0.527. The third-order valence-electron chi connectivity index (χ3n) is 5.93. The number of hydrogen-bond acceptors (Lipinski definition) is 3. The number of nitrogens with two attached hydrogens (primary N) is 1. The van der Waals surface area contributed by atoms with Crippen LogP contribution in [0.4, 0.5) is 4.39 Å². The number of primary amides is 1. The molecule has 2 aromatic heterocycles. The third kappa shape index (κ3) is 3.23. The molecule has 6 nitrogen and oxygen atoms in total. The summed E-state index contributed by atoms with van der Waals surface area (Å²) in [4.78, 5) is 20.0. The number of fused-ring (bicyclic) bond motifs is 1. The number of aryl methyl sites for hydroxylation is 1. The lowest BCUT2D eigenvalue weighted by molar-refractivity contribution is 0.0989. The smallest absolute Gasteiger partial charge is 0.267 e. The van der Waals surface area contributed by atoms with Crippen LogP contribution in [-0.2, 0) is 7.05 Å². The molecule has 1 saturated carbocycles. The number of nitrogens with zero attached hydrogens (tertiary/aromatic N) is 3. The van der Waals surface area contributed by atoms with Crippen molar-refractivity contribution in [1.82, 2.24) is 19.7 Å². The molecule has 4 rings (SSSR count). The Bertz CT molecular complexity index is 1030. The number of benzene rings is 1. The Kier molecular flexibility index (Phi) is 4.99. The fourth-order valence-corrected chi connectivity index (χ4v) is 4.73. The molecule has 1 atom stereocenters. The van der Waals surface area contributed by atoms with E-state index in [0.29, 0.717) is 32.9 Å². The molecule has 0 saturated heterocycles. The van der Waals surface area contributed by atoms with Gasteiger partial charge in [-0.2, -0.15) is 5.10 Å². The van der Waals surface area contributed by atoms with E-state index < -0.39 is 11.7 Å². The summed E-state index contributed by atoms with van der Waals surface area (Å²) in [6.07, 6.45) is 5.97. The Morgan fingerprint density at radius 2 is 2.07 bits per heavy atom. The van der Waals surface area contributed by atoms with Crippen molar-refractivity contribution in [2.75, 3.05) is 0 Å². The van der Waals surface area contributed by atoms with E-state index in [-0.39, 0.29) is 11.8 Å². The van der Waals surface area contributed by atoms with Gasteiger partial charge in [0.15, 0.2) is 5.82 Å². The molecule has 1 aromatic carbocycles. The van der Waals surface area contributed by atoms with E-state index in [1.807, 2.05) is 0 Å². The molecule has 8 heteroatoms. The van der Waals surface area contributed by atoms with Crippen LogP contribution in [0, 0.1) is 17.7 Å². The molecule has 0 unspecified atom stereocenters. The van der Waals surface area contributed by atoms with Gasteiger partial charge in [-0.05, 0) is 52.7 Å². The lowest BCUT2D eigenvalue weighted by atomic mass is 9.73. The third-order valence-corrected chi connectivity index (χ3v) is 6.54. The first-order valence-electron chi connectivity index (χ1n) is 9.52. The van der Waals surface area contributed by atoms with Gasteiger partial charge in [0.2, 0.25) is 0 Å². The second-order valence-corrected chi connectivity index (χ2v) is 8.67. The highest BCUT2D eigenvalue weighted by Crippen LogP contribution is 2.42. The van der Waals surface area contributed by atoms with Gasteiger partial charge < -0.3 is 10.7 Å². The van der Waals surface area contributed by atoms with E-state index in [0.717, 1.165) is 31.2 Å². The number of carbonyl (C=O) groups excluding carboxylic acids is 1. The first-order valence-corrected chi connectivity index (χ1v) is 10.3. The maximum Gasteiger partial charge on any atom is 0.267 e. The number of aromatic amines is 1. The van der Waals surface area contributed by atoms with Crippen LogP contribution < -0.4 is 5.73 Å². The Labute approximate surface area is 170 Å². The van der Waals surface area contributed by atoms with Crippen molar-refractivity contribution >= 4 is 32.9 Å². The number of halogens is 2. The average Bonchev–Trinajstić information content (AvgIpc) is 3.25. The van der Waals surface area contributed by atoms with E-state index in [1.165, 1.54) is 4.68 Å². The standard InChI is InChI=1S/C20H23BrFN5O/c1-10-3-5-11(6-4-10)15(12-9-24-27(2)18(12)19(23)28)20-25-14-8-7-13(21)16(22)17(14)26-20/h7-11,15H,3-6H2,1-2H3,(H2,23,28)(H,25,26)/t10?,11?,15-/m0/s1. The Morgan fingerprint density at radius 1 is 1.36 bits per heavy atom. The van der Waals surface area contributed by atoms with Crippen molar-refractivity contribution < 1.29 is 9.18 Å². The molecule has 0 spiro atoms. The van der Waals surface area contributed by atoms with Gasteiger partial charge >= 0.3 is 0 Å². The van der Waals surface area contributed by atoms with E-state index in [4.69, 9.17) is 5.73 Å². The number of rotatable bonds is 4. The van der Waals surface area contributed by atoms with Gasteiger partial charge in [0.25, 0.3) is 5.91 Å². The molecule has 1 aliphatic carbocycles. The first kappa shape index (κ1) is 19.1. The fraction of sp³-hybridized carbons (Fsp3) is 0.450. The minimum Gasteiger partial charge on any atom is -0.364 e. The van der Waals surface area contributed by atoms with E-state index >= 15 is 0 Å². The molecule has 0 aliphatic heterocycles. The molecule has 3 N–H and O–H groups in total. The molecule has 2 heterocycles. The van der Waals surface area contributed by atoms with Crippen molar-refractivity contribution in [3.05, 3.63) is 45.7 Å². The summed E-state index contributed by atoms with van der Waals surface area (Å²) in [5, 5.41) is 4.27. The molecule has 0 radical (unpaired) electrons. The lowest BCUT2D eigenvalue weighted by Gasteiger charge is -2.31. The van der Waals surface area contributed by atoms with E-state index in [9.17, 15) is 9.18 Å². The fourth-order valence-electron chi connectivity index (χ4n) is 4.41.